The molecule has 1 rings (SSSR count). The number of aliphatic hydroxyl groups is 2. The van der Waals surface area contributed by atoms with Crippen LogP contribution in [0.15, 0.2) is 36.5 Å². The number of carbonyl (C=O) groups is 3. The van der Waals surface area contributed by atoms with Gasteiger partial charge in [0.1, 0.15) is 5.60 Å². The van der Waals surface area contributed by atoms with Gasteiger partial charge in [0.2, 0.25) is 6.10 Å². The summed E-state index contributed by atoms with van der Waals surface area (Å²) in [5, 5.41) is 28.3. The molecule has 1 saturated heterocycles. The van der Waals surface area contributed by atoms with Crippen LogP contribution in [-0.4, -0.2) is 69.3 Å². The first-order valence-electron chi connectivity index (χ1n) is 10.0. The number of rotatable bonds is 12. The summed E-state index contributed by atoms with van der Waals surface area (Å²) >= 11 is 0. The summed E-state index contributed by atoms with van der Waals surface area (Å²) < 4.78 is 16.1. The zero-order chi connectivity index (χ0) is 23.8. The van der Waals surface area contributed by atoms with Gasteiger partial charge in [-0.15, -0.1) is 0 Å². The van der Waals surface area contributed by atoms with Gasteiger partial charge in [-0.25, -0.2) is 14.4 Å². The first-order valence-corrected chi connectivity index (χ1v) is 10.0. The molecule has 9 heteroatoms. The Morgan fingerprint density at radius 1 is 1.13 bits per heavy atom. The van der Waals surface area contributed by atoms with Gasteiger partial charge < -0.3 is 29.5 Å². The molecule has 174 valence electrons. The lowest BCUT2D eigenvalue weighted by atomic mass is 9.99. The zero-order valence-electron chi connectivity index (χ0n) is 18.5. The molecule has 9 nitrogen and oxygen atoms in total. The SMILES string of the molecule is CC[C@H](C)[C@@H](OC(=O)C(O)C(C)(C)O)C(=O)O[C@H](/C=C/C=C/C=C/C(=O)O)[C@]1(C)CO1. The maximum atomic E-state index is 12.8. The lowest BCUT2D eigenvalue weighted by Crippen LogP contribution is -2.47. The molecule has 5 atom stereocenters. The van der Waals surface area contributed by atoms with E-state index < -0.39 is 53.3 Å². The highest BCUT2D eigenvalue weighted by Gasteiger charge is 2.49. The fourth-order valence-electron chi connectivity index (χ4n) is 2.36. The largest absolute Gasteiger partial charge is 0.478 e. The number of ether oxygens (including phenoxy) is 3. The third-order valence-electron chi connectivity index (χ3n) is 4.83. The monoisotopic (exact) mass is 440 g/mol. The fourth-order valence-corrected chi connectivity index (χ4v) is 2.36. The van der Waals surface area contributed by atoms with Crippen LogP contribution in [0.3, 0.4) is 0 Å². The highest BCUT2D eigenvalue weighted by atomic mass is 16.6. The van der Waals surface area contributed by atoms with Gasteiger partial charge >= 0.3 is 17.9 Å². The minimum atomic E-state index is -1.82. The predicted molar refractivity (Wildman–Crippen MR) is 111 cm³/mol. The Morgan fingerprint density at radius 2 is 1.71 bits per heavy atom. The lowest BCUT2D eigenvalue weighted by molar-refractivity contribution is -0.186. The number of carboxylic acids is 1. The minimum absolute atomic E-state index is 0.364. The summed E-state index contributed by atoms with van der Waals surface area (Å²) in [6.45, 7) is 8.13. The van der Waals surface area contributed by atoms with E-state index in [1.54, 1.807) is 32.1 Å². The Bertz CT molecular complexity index is 726. The number of hydrogen-bond acceptors (Lipinski definition) is 8. The highest BCUT2D eigenvalue weighted by molar-refractivity contribution is 5.82. The standard InChI is InChI=1S/C22H32O9/c1-6-14(2)17(31-20(27)18(25)21(3,4)28)19(26)30-15(22(5)13-29-22)11-9-7-8-10-12-16(23)24/h7-12,14-15,17-18,25,28H,6,13H2,1-5H3,(H,23,24)/b8-7+,11-9+,12-10+/t14-,15+,17+,18?,22-/m0/s1. The van der Waals surface area contributed by atoms with Crippen LogP contribution in [0.4, 0.5) is 0 Å². The number of allylic oxidation sites excluding steroid dienone is 4. The Morgan fingerprint density at radius 3 is 2.19 bits per heavy atom. The van der Waals surface area contributed by atoms with Crippen LogP contribution in [0, 0.1) is 5.92 Å². The van der Waals surface area contributed by atoms with Crippen molar-refractivity contribution in [2.45, 2.75) is 70.6 Å². The van der Waals surface area contributed by atoms with Gasteiger partial charge in [-0.1, -0.05) is 38.2 Å². The van der Waals surface area contributed by atoms with Crippen molar-refractivity contribution in [3.63, 3.8) is 0 Å². The van der Waals surface area contributed by atoms with Crippen molar-refractivity contribution in [3.8, 4) is 0 Å². The van der Waals surface area contributed by atoms with Crippen molar-refractivity contribution >= 4 is 17.9 Å². The Hall–Kier alpha value is -2.49. The highest BCUT2D eigenvalue weighted by Crippen LogP contribution is 2.33. The van der Waals surface area contributed by atoms with Crippen LogP contribution in [0.25, 0.3) is 0 Å². The van der Waals surface area contributed by atoms with Crippen LogP contribution >= 0.6 is 0 Å². The molecule has 0 radical (unpaired) electrons. The third kappa shape index (κ3) is 8.64. The summed E-state index contributed by atoms with van der Waals surface area (Å²) in [7, 11) is 0. The van der Waals surface area contributed by atoms with E-state index in [1.165, 1.54) is 26.0 Å². The second-order valence-electron chi connectivity index (χ2n) is 8.23. The van der Waals surface area contributed by atoms with E-state index in [0.717, 1.165) is 6.08 Å². The van der Waals surface area contributed by atoms with Gasteiger partial charge in [-0.3, -0.25) is 0 Å². The summed E-state index contributed by atoms with van der Waals surface area (Å²) in [6.07, 6.45) is 5.17. The summed E-state index contributed by atoms with van der Waals surface area (Å²) in [6, 6.07) is 0. The van der Waals surface area contributed by atoms with Crippen LogP contribution < -0.4 is 0 Å². The molecule has 1 unspecified atom stereocenters. The normalized spacial score (nSPS) is 22.9. The zero-order valence-corrected chi connectivity index (χ0v) is 18.5. The number of hydrogen-bond donors (Lipinski definition) is 3. The molecule has 0 aromatic rings. The van der Waals surface area contributed by atoms with Gasteiger partial charge in [0.15, 0.2) is 12.2 Å². The molecular formula is C22H32O9. The molecule has 0 aromatic carbocycles. The van der Waals surface area contributed by atoms with E-state index in [1.807, 2.05) is 6.92 Å². The first kappa shape index (κ1) is 26.5. The van der Waals surface area contributed by atoms with Gasteiger partial charge in [-0.2, -0.15) is 0 Å². The maximum Gasteiger partial charge on any atom is 0.348 e. The second-order valence-corrected chi connectivity index (χ2v) is 8.23. The molecule has 0 spiro atoms. The van der Waals surface area contributed by atoms with Crippen LogP contribution in [0.5, 0.6) is 0 Å². The van der Waals surface area contributed by atoms with Crippen molar-refractivity contribution in [1.29, 1.82) is 0 Å². The van der Waals surface area contributed by atoms with Crippen molar-refractivity contribution in [2.75, 3.05) is 6.61 Å². The third-order valence-corrected chi connectivity index (χ3v) is 4.83. The average molecular weight is 440 g/mol. The molecular weight excluding hydrogens is 408 g/mol. The quantitative estimate of drug-likeness (QED) is 0.178. The van der Waals surface area contributed by atoms with Gasteiger partial charge in [0.25, 0.3) is 0 Å². The van der Waals surface area contributed by atoms with Gasteiger partial charge in [0, 0.05) is 12.0 Å². The van der Waals surface area contributed by atoms with Crippen molar-refractivity contribution in [1.82, 2.24) is 0 Å². The smallest absolute Gasteiger partial charge is 0.348 e. The summed E-state index contributed by atoms with van der Waals surface area (Å²) in [5.74, 6) is -3.39. The van der Waals surface area contributed by atoms with Crippen LogP contribution in [-0.2, 0) is 28.6 Å². The number of aliphatic hydroxyl groups excluding tert-OH is 1. The molecule has 1 fully saturated rings. The van der Waals surface area contributed by atoms with E-state index in [0.29, 0.717) is 13.0 Å². The van der Waals surface area contributed by atoms with E-state index in [9.17, 15) is 24.6 Å². The van der Waals surface area contributed by atoms with Crippen LogP contribution in [0.1, 0.15) is 41.0 Å². The Balaban J connectivity index is 2.91. The number of carbonyl (C=O) groups excluding carboxylic acids is 2. The van der Waals surface area contributed by atoms with E-state index in [2.05, 4.69) is 0 Å². The molecule has 0 aromatic heterocycles. The molecule has 1 aliphatic rings. The van der Waals surface area contributed by atoms with Crippen molar-refractivity contribution in [2.24, 2.45) is 5.92 Å². The molecule has 1 heterocycles. The molecule has 31 heavy (non-hydrogen) atoms. The number of aliphatic carboxylic acids is 1. The molecule has 0 bridgehead atoms. The predicted octanol–water partition coefficient (Wildman–Crippen LogP) is 1.53. The van der Waals surface area contributed by atoms with Gasteiger partial charge in [-0.05, 0) is 33.3 Å². The molecule has 0 aliphatic carbocycles. The van der Waals surface area contributed by atoms with Crippen molar-refractivity contribution < 1.29 is 43.9 Å². The molecule has 1 aliphatic heterocycles. The first-order chi connectivity index (χ1) is 14.3. The summed E-state index contributed by atoms with van der Waals surface area (Å²) in [4.78, 5) is 35.5. The van der Waals surface area contributed by atoms with E-state index in [-0.39, 0.29) is 0 Å². The average Bonchev–Trinajstić information content (AvgIpc) is 3.43. The van der Waals surface area contributed by atoms with E-state index in [4.69, 9.17) is 19.3 Å². The molecule has 3 N–H and O–H groups in total. The maximum absolute atomic E-state index is 12.8. The van der Waals surface area contributed by atoms with Crippen molar-refractivity contribution in [3.05, 3.63) is 36.5 Å². The number of carboxylic acid groups (broad SMARTS) is 1. The van der Waals surface area contributed by atoms with Crippen LogP contribution in [0.2, 0.25) is 0 Å². The fraction of sp³-hybridized carbons (Fsp3) is 0.591. The van der Waals surface area contributed by atoms with E-state index >= 15 is 0 Å². The minimum Gasteiger partial charge on any atom is -0.478 e. The summed E-state index contributed by atoms with van der Waals surface area (Å²) in [5.41, 5.74) is -2.46. The Labute approximate surface area is 182 Å². The van der Waals surface area contributed by atoms with Gasteiger partial charge in [0.05, 0.1) is 12.2 Å². The number of esters is 2. The molecule has 0 saturated carbocycles. The lowest BCUT2D eigenvalue weighted by Gasteiger charge is -2.28. The topological polar surface area (TPSA) is 143 Å². The number of epoxide rings is 1. The second kappa shape index (κ2) is 11.2. The Kier molecular flexibility index (Phi) is 9.61. The molecule has 0 amide bonds.